The molecule has 0 bridgehead atoms. The second-order valence-electron chi connectivity index (χ2n) is 6.58. The first-order chi connectivity index (χ1) is 13.6. The summed E-state index contributed by atoms with van der Waals surface area (Å²) in [5.41, 5.74) is 2.14. The van der Waals surface area contributed by atoms with Crippen LogP contribution in [0.3, 0.4) is 0 Å². The number of nitrogens with one attached hydrogen (secondary N) is 1. The van der Waals surface area contributed by atoms with Crippen molar-refractivity contribution >= 4 is 17.7 Å². The molecule has 1 aromatic heterocycles. The standard InChI is InChI=1S/C21H24N4O2S/c1-15(2)20(26)22-13-19-23-24-21(28-14-16-7-5-4-6-8-16)25(19)17-9-11-18(27-3)12-10-17/h4-12,15H,13-14H2,1-3H3,(H,22,26). The largest absolute Gasteiger partial charge is 0.497 e. The van der Waals surface area contributed by atoms with Gasteiger partial charge in [0.2, 0.25) is 5.91 Å². The number of benzene rings is 2. The summed E-state index contributed by atoms with van der Waals surface area (Å²) in [5, 5.41) is 12.4. The van der Waals surface area contributed by atoms with Crippen LogP contribution in [0.1, 0.15) is 25.2 Å². The van der Waals surface area contributed by atoms with Crippen molar-refractivity contribution in [1.29, 1.82) is 0 Å². The highest BCUT2D eigenvalue weighted by Crippen LogP contribution is 2.26. The van der Waals surface area contributed by atoms with Gasteiger partial charge in [-0.2, -0.15) is 0 Å². The Hall–Kier alpha value is -2.80. The van der Waals surface area contributed by atoms with E-state index in [4.69, 9.17) is 4.74 Å². The predicted molar refractivity (Wildman–Crippen MR) is 111 cm³/mol. The molecule has 0 saturated heterocycles. The van der Waals surface area contributed by atoms with Gasteiger partial charge in [0.05, 0.1) is 13.7 Å². The van der Waals surface area contributed by atoms with Crippen LogP contribution in [-0.2, 0) is 17.1 Å². The molecular weight excluding hydrogens is 372 g/mol. The van der Waals surface area contributed by atoms with Gasteiger partial charge in [0.25, 0.3) is 0 Å². The summed E-state index contributed by atoms with van der Waals surface area (Å²) in [4.78, 5) is 12.0. The fourth-order valence-corrected chi connectivity index (χ4v) is 3.52. The van der Waals surface area contributed by atoms with Crippen molar-refractivity contribution in [3.8, 4) is 11.4 Å². The lowest BCUT2D eigenvalue weighted by Crippen LogP contribution is -2.28. The Labute approximate surface area is 169 Å². The summed E-state index contributed by atoms with van der Waals surface area (Å²) in [6.07, 6.45) is 0. The second-order valence-corrected chi connectivity index (χ2v) is 7.52. The summed E-state index contributed by atoms with van der Waals surface area (Å²) in [6, 6.07) is 18.0. The zero-order valence-electron chi connectivity index (χ0n) is 16.3. The van der Waals surface area contributed by atoms with Crippen LogP contribution in [-0.4, -0.2) is 27.8 Å². The van der Waals surface area contributed by atoms with E-state index < -0.39 is 0 Å². The highest BCUT2D eigenvalue weighted by molar-refractivity contribution is 7.98. The Kier molecular flexibility index (Phi) is 6.71. The Morgan fingerprint density at radius 2 is 1.82 bits per heavy atom. The zero-order chi connectivity index (χ0) is 19.9. The van der Waals surface area contributed by atoms with E-state index in [1.54, 1.807) is 18.9 Å². The van der Waals surface area contributed by atoms with Gasteiger partial charge in [0, 0.05) is 17.4 Å². The Balaban J connectivity index is 1.86. The first-order valence-electron chi connectivity index (χ1n) is 9.11. The monoisotopic (exact) mass is 396 g/mol. The van der Waals surface area contributed by atoms with Gasteiger partial charge in [-0.3, -0.25) is 9.36 Å². The smallest absolute Gasteiger partial charge is 0.222 e. The van der Waals surface area contributed by atoms with Crippen molar-refractivity contribution in [2.75, 3.05) is 7.11 Å². The number of hydrogen-bond donors (Lipinski definition) is 1. The van der Waals surface area contributed by atoms with Crippen LogP contribution in [0, 0.1) is 5.92 Å². The SMILES string of the molecule is COc1ccc(-n2c(CNC(=O)C(C)C)nnc2SCc2ccccc2)cc1. The van der Waals surface area contributed by atoms with Gasteiger partial charge in [-0.1, -0.05) is 55.9 Å². The summed E-state index contributed by atoms with van der Waals surface area (Å²) in [7, 11) is 1.64. The Bertz CT molecular complexity index is 908. The normalized spacial score (nSPS) is 10.9. The molecule has 1 heterocycles. The first-order valence-corrected chi connectivity index (χ1v) is 10.1. The fraction of sp³-hybridized carbons (Fsp3) is 0.286. The molecule has 0 aliphatic heterocycles. The molecule has 28 heavy (non-hydrogen) atoms. The number of ether oxygens (including phenoxy) is 1. The molecular formula is C21H24N4O2S. The maximum atomic E-state index is 12.0. The lowest BCUT2D eigenvalue weighted by Gasteiger charge is -2.12. The molecule has 6 nitrogen and oxygen atoms in total. The average Bonchev–Trinajstić information content (AvgIpc) is 3.14. The molecule has 0 aliphatic rings. The van der Waals surface area contributed by atoms with E-state index in [0.717, 1.165) is 22.3 Å². The Morgan fingerprint density at radius 1 is 1.11 bits per heavy atom. The third-order valence-corrected chi connectivity index (χ3v) is 5.19. The minimum absolute atomic E-state index is 0.0113. The molecule has 0 spiro atoms. The van der Waals surface area contributed by atoms with Crippen LogP contribution in [0.4, 0.5) is 0 Å². The van der Waals surface area contributed by atoms with Gasteiger partial charge in [-0.25, -0.2) is 0 Å². The number of hydrogen-bond acceptors (Lipinski definition) is 5. The molecule has 3 aromatic rings. The maximum absolute atomic E-state index is 12.0. The van der Waals surface area contributed by atoms with Crippen molar-refractivity contribution in [2.45, 2.75) is 31.3 Å². The van der Waals surface area contributed by atoms with Crippen molar-refractivity contribution in [3.63, 3.8) is 0 Å². The molecule has 146 valence electrons. The van der Waals surface area contributed by atoms with E-state index in [-0.39, 0.29) is 11.8 Å². The van der Waals surface area contributed by atoms with Crippen molar-refractivity contribution in [3.05, 3.63) is 66.0 Å². The zero-order valence-corrected chi connectivity index (χ0v) is 17.1. The van der Waals surface area contributed by atoms with Gasteiger partial charge < -0.3 is 10.1 Å². The predicted octanol–water partition coefficient (Wildman–Crippen LogP) is 3.84. The molecule has 0 unspecified atom stereocenters. The van der Waals surface area contributed by atoms with Gasteiger partial charge in [-0.05, 0) is 29.8 Å². The lowest BCUT2D eigenvalue weighted by molar-refractivity contribution is -0.124. The number of rotatable bonds is 8. The maximum Gasteiger partial charge on any atom is 0.222 e. The molecule has 0 aliphatic carbocycles. The molecule has 7 heteroatoms. The number of thioether (sulfide) groups is 1. The van der Waals surface area contributed by atoms with Gasteiger partial charge >= 0.3 is 0 Å². The Morgan fingerprint density at radius 3 is 2.46 bits per heavy atom. The molecule has 3 rings (SSSR count). The summed E-state index contributed by atoms with van der Waals surface area (Å²) >= 11 is 1.61. The van der Waals surface area contributed by atoms with Crippen molar-refractivity contribution in [2.24, 2.45) is 5.92 Å². The van der Waals surface area contributed by atoms with E-state index in [0.29, 0.717) is 12.4 Å². The molecule has 0 saturated carbocycles. The van der Waals surface area contributed by atoms with Crippen molar-refractivity contribution in [1.82, 2.24) is 20.1 Å². The molecule has 0 radical (unpaired) electrons. The first kappa shape index (κ1) is 19.9. The molecule has 1 amide bonds. The summed E-state index contributed by atoms with van der Waals surface area (Å²) in [6.45, 7) is 4.05. The van der Waals surface area contributed by atoms with Crippen LogP contribution >= 0.6 is 11.8 Å². The van der Waals surface area contributed by atoms with Crippen molar-refractivity contribution < 1.29 is 9.53 Å². The number of carbonyl (C=O) groups is 1. The minimum Gasteiger partial charge on any atom is -0.497 e. The molecule has 0 atom stereocenters. The van der Waals surface area contributed by atoms with Crippen LogP contribution in [0.2, 0.25) is 0 Å². The highest BCUT2D eigenvalue weighted by atomic mass is 32.2. The van der Waals surface area contributed by atoms with E-state index in [9.17, 15) is 4.79 Å². The van der Waals surface area contributed by atoms with E-state index >= 15 is 0 Å². The average molecular weight is 397 g/mol. The van der Waals surface area contributed by atoms with Gasteiger partial charge in [0.1, 0.15) is 5.75 Å². The quantitative estimate of drug-likeness (QED) is 0.586. The van der Waals surface area contributed by atoms with E-state index in [2.05, 4.69) is 27.6 Å². The lowest BCUT2D eigenvalue weighted by atomic mass is 10.2. The fourth-order valence-electron chi connectivity index (χ4n) is 2.59. The molecule has 1 N–H and O–H groups in total. The third-order valence-electron chi connectivity index (χ3n) is 4.19. The number of aromatic nitrogens is 3. The summed E-state index contributed by atoms with van der Waals surface area (Å²) in [5.74, 6) is 2.17. The summed E-state index contributed by atoms with van der Waals surface area (Å²) < 4.78 is 7.23. The minimum atomic E-state index is -0.0794. The number of nitrogens with zero attached hydrogens (tertiary/aromatic N) is 3. The topological polar surface area (TPSA) is 69.0 Å². The highest BCUT2D eigenvalue weighted by Gasteiger charge is 2.16. The molecule has 0 fully saturated rings. The van der Waals surface area contributed by atoms with Crippen LogP contribution in [0.5, 0.6) is 5.75 Å². The van der Waals surface area contributed by atoms with Crippen LogP contribution in [0.25, 0.3) is 5.69 Å². The number of carbonyl (C=O) groups excluding carboxylic acids is 1. The van der Waals surface area contributed by atoms with Crippen LogP contribution < -0.4 is 10.1 Å². The number of amides is 1. The van der Waals surface area contributed by atoms with Crippen LogP contribution in [0.15, 0.2) is 59.8 Å². The van der Waals surface area contributed by atoms with E-state index in [1.165, 1.54) is 5.56 Å². The molecule has 2 aromatic carbocycles. The van der Waals surface area contributed by atoms with Gasteiger partial charge in [0.15, 0.2) is 11.0 Å². The van der Waals surface area contributed by atoms with E-state index in [1.807, 2.05) is 60.9 Å². The van der Waals surface area contributed by atoms with Gasteiger partial charge in [-0.15, -0.1) is 10.2 Å². The number of methoxy groups -OCH3 is 1. The second kappa shape index (κ2) is 9.41. The third kappa shape index (κ3) is 4.92.